The van der Waals surface area contributed by atoms with Crippen molar-refractivity contribution in [1.82, 2.24) is 0 Å². The van der Waals surface area contributed by atoms with Crippen LogP contribution in [0.1, 0.15) is 5.56 Å². The molecule has 0 bridgehead atoms. The summed E-state index contributed by atoms with van der Waals surface area (Å²) in [4.78, 5) is 21.8. The van der Waals surface area contributed by atoms with Crippen molar-refractivity contribution >= 4 is 27.9 Å². The lowest BCUT2D eigenvalue weighted by molar-refractivity contribution is -0.166. The van der Waals surface area contributed by atoms with E-state index in [-0.39, 0.29) is 18.5 Å². The highest BCUT2D eigenvalue weighted by atomic mass is 79.9. The summed E-state index contributed by atoms with van der Waals surface area (Å²) in [6.07, 6.45) is -1.28. The molecule has 0 aliphatic heterocycles. The van der Waals surface area contributed by atoms with E-state index in [2.05, 4.69) is 20.7 Å². The summed E-state index contributed by atoms with van der Waals surface area (Å²) >= 11 is 2.89. The first-order valence-corrected chi connectivity index (χ1v) is 6.35. The van der Waals surface area contributed by atoms with E-state index < -0.39 is 18.0 Å². The van der Waals surface area contributed by atoms with Gasteiger partial charge >= 0.3 is 11.9 Å². The van der Waals surface area contributed by atoms with E-state index in [1.54, 1.807) is 0 Å². The quantitative estimate of drug-likeness (QED) is 0.611. The van der Waals surface area contributed by atoms with Crippen LogP contribution in [0.25, 0.3) is 0 Å². The monoisotopic (exact) mass is 316 g/mol. The second kappa shape index (κ2) is 7.84. The van der Waals surface area contributed by atoms with Crippen LogP contribution in [0.5, 0.6) is 0 Å². The summed E-state index contributed by atoms with van der Waals surface area (Å²) in [6, 6.07) is 9.32. The minimum Gasteiger partial charge on any atom is -0.478 e. The molecule has 0 saturated heterocycles. The Labute approximate surface area is 113 Å². The van der Waals surface area contributed by atoms with Crippen molar-refractivity contribution in [2.24, 2.45) is 0 Å². The average Bonchev–Trinajstić information content (AvgIpc) is 2.38. The lowest BCUT2D eigenvalue weighted by atomic mass is 10.2. The molecule has 0 radical (unpaired) electrons. The molecule has 0 heterocycles. The van der Waals surface area contributed by atoms with Gasteiger partial charge in [-0.2, -0.15) is 0 Å². The number of alkyl halides is 1. The van der Waals surface area contributed by atoms with E-state index in [0.717, 1.165) is 5.56 Å². The number of carboxylic acids is 1. The molecule has 6 heteroatoms. The first-order valence-electron chi connectivity index (χ1n) is 5.23. The third-order valence-corrected chi connectivity index (χ3v) is 2.50. The van der Waals surface area contributed by atoms with Gasteiger partial charge in [-0.15, -0.1) is 0 Å². The molecule has 98 valence electrons. The van der Waals surface area contributed by atoms with Gasteiger partial charge in [-0.05, 0) is 5.56 Å². The third kappa shape index (κ3) is 5.29. The summed E-state index contributed by atoms with van der Waals surface area (Å²) in [5.74, 6) is -1.86. The van der Waals surface area contributed by atoms with E-state index >= 15 is 0 Å². The van der Waals surface area contributed by atoms with Gasteiger partial charge < -0.3 is 14.6 Å². The predicted molar refractivity (Wildman–Crippen MR) is 67.4 cm³/mol. The van der Waals surface area contributed by atoms with Gasteiger partial charge in [-0.3, -0.25) is 4.79 Å². The summed E-state index contributed by atoms with van der Waals surface area (Å²) < 4.78 is 9.90. The number of ether oxygens (including phenoxy) is 2. The van der Waals surface area contributed by atoms with Crippen LogP contribution in [-0.2, 0) is 25.7 Å². The van der Waals surface area contributed by atoms with Crippen molar-refractivity contribution in [3.8, 4) is 0 Å². The van der Waals surface area contributed by atoms with Crippen molar-refractivity contribution in [3.63, 3.8) is 0 Å². The second-order valence-corrected chi connectivity index (χ2v) is 4.01. The van der Waals surface area contributed by atoms with E-state index in [9.17, 15) is 9.59 Å². The molecule has 0 spiro atoms. The number of rotatable bonds is 7. The maximum atomic E-state index is 11.0. The smallest absolute Gasteiger partial charge is 0.347 e. The Morgan fingerprint density at radius 2 is 1.94 bits per heavy atom. The highest BCUT2D eigenvalue weighted by molar-refractivity contribution is 9.09. The Bertz CT molecular complexity index is 393. The van der Waals surface area contributed by atoms with Crippen molar-refractivity contribution in [2.75, 3.05) is 11.9 Å². The Hall–Kier alpha value is -1.40. The largest absolute Gasteiger partial charge is 0.478 e. The van der Waals surface area contributed by atoms with Gasteiger partial charge in [0.2, 0.25) is 6.10 Å². The van der Waals surface area contributed by atoms with Crippen LogP contribution in [-0.4, -0.2) is 35.1 Å². The number of aliphatic carboxylic acids is 1. The van der Waals surface area contributed by atoms with E-state index in [1.807, 2.05) is 30.3 Å². The maximum Gasteiger partial charge on any atom is 0.347 e. The normalized spacial score (nSPS) is 11.8. The van der Waals surface area contributed by atoms with Crippen LogP contribution in [0.4, 0.5) is 0 Å². The highest BCUT2D eigenvalue weighted by Gasteiger charge is 2.21. The van der Waals surface area contributed by atoms with Crippen molar-refractivity contribution in [1.29, 1.82) is 0 Å². The minimum absolute atomic E-state index is 0.0462. The predicted octanol–water partition coefficient (Wildman–Crippen LogP) is 1.59. The van der Waals surface area contributed by atoms with E-state index in [1.165, 1.54) is 0 Å². The topological polar surface area (TPSA) is 72.8 Å². The molecule has 0 aliphatic carbocycles. The SMILES string of the molecule is O=C(CBr)O[C@@H](COCc1ccccc1)C(=O)O. The highest BCUT2D eigenvalue weighted by Crippen LogP contribution is 2.03. The maximum absolute atomic E-state index is 11.0. The molecule has 0 saturated carbocycles. The Kier molecular flexibility index (Phi) is 6.38. The van der Waals surface area contributed by atoms with Crippen molar-refractivity contribution in [2.45, 2.75) is 12.7 Å². The Morgan fingerprint density at radius 1 is 1.28 bits per heavy atom. The zero-order valence-corrected chi connectivity index (χ0v) is 11.1. The number of hydrogen-bond donors (Lipinski definition) is 1. The lowest BCUT2D eigenvalue weighted by Crippen LogP contribution is -2.32. The molecule has 1 atom stereocenters. The molecule has 1 N–H and O–H groups in total. The van der Waals surface area contributed by atoms with Gasteiger partial charge in [0, 0.05) is 0 Å². The van der Waals surface area contributed by atoms with Gasteiger partial charge in [0.05, 0.1) is 13.2 Å². The standard InChI is InChI=1S/C12H13BrO5/c13-6-11(14)18-10(12(15)16)8-17-7-9-4-2-1-3-5-9/h1-5,10H,6-8H2,(H,15,16)/t10-/m0/s1. The Morgan fingerprint density at radius 3 is 2.50 bits per heavy atom. The minimum atomic E-state index is -1.28. The molecule has 1 aromatic rings. The molecule has 0 aliphatic rings. The lowest BCUT2D eigenvalue weighted by Gasteiger charge is -2.13. The first kappa shape index (κ1) is 14.7. The van der Waals surface area contributed by atoms with Crippen LogP contribution < -0.4 is 0 Å². The number of halogens is 1. The molecule has 18 heavy (non-hydrogen) atoms. The number of carbonyl (C=O) groups excluding carboxylic acids is 1. The second-order valence-electron chi connectivity index (χ2n) is 3.45. The van der Waals surface area contributed by atoms with E-state index in [0.29, 0.717) is 0 Å². The first-order chi connectivity index (χ1) is 8.63. The fourth-order valence-corrected chi connectivity index (χ4v) is 1.34. The summed E-state index contributed by atoms with van der Waals surface area (Å²) in [7, 11) is 0. The zero-order valence-electron chi connectivity index (χ0n) is 9.54. The molecule has 1 aromatic carbocycles. The van der Waals surface area contributed by atoms with Crippen molar-refractivity contribution in [3.05, 3.63) is 35.9 Å². The van der Waals surface area contributed by atoms with Crippen LogP contribution >= 0.6 is 15.9 Å². The number of carbonyl (C=O) groups is 2. The fraction of sp³-hybridized carbons (Fsp3) is 0.333. The van der Waals surface area contributed by atoms with Gasteiger partial charge in [-0.25, -0.2) is 4.79 Å². The summed E-state index contributed by atoms with van der Waals surface area (Å²) in [6.45, 7) is 0.0967. The molecule has 0 unspecified atom stereocenters. The van der Waals surface area contributed by atoms with Gasteiger partial charge in [0.15, 0.2) is 0 Å². The van der Waals surface area contributed by atoms with Gasteiger partial charge in [-0.1, -0.05) is 46.3 Å². The zero-order chi connectivity index (χ0) is 13.4. The molecule has 0 aromatic heterocycles. The van der Waals surface area contributed by atoms with E-state index in [4.69, 9.17) is 9.84 Å². The number of esters is 1. The van der Waals surface area contributed by atoms with Gasteiger partial charge in [0.25, 0.3) is 0 Å². The molecule has 1 rings (SSSR count). The Balaban J connectivity index is 2.38. The van der Waals surface area contributed by atoms with Crippen LogP contribution in [0.15, 0.2) is 30.3 Å². The summed E-state index contributed by atoms with van der Waals surface area (Å²) in [5.41, 5.74) is 0.924. The molecular weight excluding hydrogens is 304 g/mol. The average molecular weight is 317 g/mol. The van der Waals surface area contributed by atoms with Crippen LogP contribution in [0, 0.1) is 0 Å². The number of carboxylic acid groups (broad SMARTS) is 1. The number of hydrogen-bond acceptors (Lipinski definition) is 4. The van der Waals surface area contributed by atoms with Crippen LogP contribution in [0.3, 0.4) is 0 Å². The third-order valence-electron chi connectivity index (χ3n) is 2.04. The summed E-state index contributed by atoms with van der Waals surface area (Å²) in [5, 5.41) is 8.80. The fourth-order valence-electron chi connectivity index (χ4n) is 1.20. The number of benzene rings is 1. The molecule has 0 fully saturated rings. The van der Waals surface area contributed by atoms with Crippen molar-refractivity contribution < 1.29 is 24.2 Å². The molecule has 0 amide bonds. The molecule has 5 nitrogen and oxygen atoms in total. The molecular formula is C12H13BrO5. The van der Waals surface area contributed by atoms with Crippen LogP contribution in [0.2, 0.25) is 0 Å². The van der Waals surface area contributed by atoms with Gasteiger partial charge in [0.1, 0.15) is 5.33 Å².